The zero-order chi connectivity index (χ0) is 23.2. The first-order valence-electron chi connectivity index (χ1n) is 10.5. The summed E-state index contributed by atoms with van der Waals surface area (Å²) in [6, 6.07) is -0.204. The Bertz CT molecular complexity index is 798. The molecule has 0 spiro atoms. The number of aliphatic hydroxyl groups is 1. The van der Waals surface area contributed by atoms with E-state index in [-0.39, 0.29) is 29.0 Å². The lowest BCUT2D eigenvalue weighted by molar-refractivity contribution is -0.139. The Hall–Kier alpha value is -1.72. The molecule has 1 aromatic rings. The normalized spacial score (nSPS) is 26.0. The highest BCUT2D eigenvalue weighted by Gasteiger charge is 2.46. The number of alkyl halides is 3. The fraction of sp³-hybridized carbons (Fsp3) is 0.750. The van der Waals surface area contributed by atoms with Crippen LogP contribution in [0.1, 0.15) is 39.2 Å². The van der Waals surface area contributed by atoms with Gasteiger partial charge in [-0.05, 0) is 31.0 Å². The van der Waals surface area contributed by atoms with Crippen molar-refractivity contribution in [3.8, 4) is 0 Å². The summed E-state index contributed by atoms with van der Waals surface area (Å²) in [5, 5.41) is 9.87. The van der Waals surface area contributed by atoms with Crippen molar-refractivity contribution in [3.63, 3.8) is 0 Å². The molecule has 174 valence electrons. The maximum atomic E-state index is 12.8. The molecule has 0 unspecified atom stereocenters. The molecule has 2 saturated heterocycles. The third-order valence-corrected chi connectivity index (χ3v) is 11.1. The largest absolute Gasteiger partial charge is 0.419 e. The molecule has 0 aromatic carbocycles. The lowest BCUT2D eigenvalue weighted by Crippen LogP contribution is -2.60. The predicted octanol–water partition coefficient (Wildman–Crippen LogP) is 3.06. The van der Waals surface area contributed by atoms with E-state index >= 15 is 0 Å². The van der Waals surface area contributed by atoms with E-state index in [4.69, 9.17) is 4.43 Å². The average molecular weight is 461 g/mol. The van der Waals surface area contributed by atoms with Crippen molar-refractivity contribution < 1.29 is 27.5 Å². The van der Waals surface area contributed by atoms with Crippen LogP contribution in [0.15, 0.2) is 12.4 Å². The van der Waals surface area contributed by atoms with E-state index in [2.05, 4.69) is 43.8 Å². The van der Waals surface area contributed by atoms with Crippen LogP contribution in [0.25, 0.3) is 0 Å². The van der Waals surface area contributed by atoms with Gasteiger partial charge < -0.3 is 19.3 Å². The van der Waals surface area contributed by atoms with Gasteiger partial charge >= 0.3 is 6.18 Å². The maximum absolute atomic E-state index is 12.8. The first-order valence-corrected chi connectivity index (χ1v) is 13.4. The predicted molar refractivity (Wildman–Crippen MR) is 112 cm³/mol. The number of hydrogen-bond donors (Lipinski definition) is 1. The van der Waals surface area contributed by atoms with Crippen molar-refractivity contribution in [1.29, 1.82) is 0 Å². The van der Waals surface area contributed by atoms with Crippen molar-refractivity contribution in [2.45, 2.75) is 76.2 Å². The summed E-state index contributed by atoms with van der Waals surface area (Å²) in [6.07, 6.45) is -3.29. The minimum Gasteiger partial charge on any atom is -0.410 e. The average Bonchev–Trinajstić information content (AvgIpc) is 2.99. The third kappa shape index (κ3) is 5.03. The van der Waals surface area contributed by atoms with Crippen LogP contribution in [0, 0.1) is 0 Å². The van der Waals surface area contributed by atoms with Crippen LogP contribution in [0.2, 0.25) is 18.1 Å². The highest BCUT2D eigenvalue weighted by atomic mass is 28.4. The van der Waals surface area contributed by atoms with Gasteiger partial charge in [0.2, 0.25) is 5.95 Å². The number of aliphatic hydroxyl groups excluding tert-OH is 1. The Labute approximate surface area is 181 Å². The summed E-state index contributed by atoms with van der Waals surface area (Å²) in [6.45, 7) is 11.9. The topological polar surface area (TPSA) is 78.8 Å². The molecule has 3 rings (SSSR count). The van der Waals surface area contributed by atoms with Gasteiger partial charge in [0.25, 0.3) is 5.91 Å². The standard InChI is InChI=1S/C20H31F3N4O3Si/c1-19(2,3)31(4,5)30-16-12-26(18-24-10-13(11-25-18)20(21,22)23)8-6-14(16)27-9-7-15(28)17(27)29/h10-11,14-16,28H,6-9,12H2,1-5H3/t14-,15-,16+/m1/s1. The highest BCUT2D eigenvalue weighted by molar-refractivity contribution is 6.74. The first kappa shape index (κ1) is 23.9. The van der Waals surface area contributed by atoms with Crippen molar-refractivity contribution >= 4 is 20.2 Å². The van der Waals surface area contributed by atoms with Crippen LogP contribution in [-0.2, 0) is 15.4 Å². The number of amides is 1. The second-order valence-electron chi connectivity index (χ2n) is 9.82. The minimum atomic E-state index is -4.49. The van der Waals surface area contributed by atoms with Gasteiger partial charge in [-0.2, -0.15) is 13.2 Å². The van der Waals surface area contributed by atoms with Crippen molar-refractivity contribution in [2.75, 3.05) is 24.5 Å². The van der Waals surface area contributed by atoms with E-state index in [0.717, 1.165) is 12.4 Å². The number of anilines is 1. The van der Waals surface area contributed by atoms with Gasteiger partial charge in [0.05, 0.1) is 17.7 Å². The molecule has 1 aromatic heterocycles. The molecule has 2 aliphatic rings. The van der Waals surface area contributed by atoms with Gasteiger partial charge in [-0.15, -0.1) is 0 Å². The number of nitrogens with zero attached hydrogens (tertiary/aromatic N) is 4. The number of aromatic nitrogens is 2. The molecular weight excluding hydrogens is 429 g/mol. The van der Waals surface area contributed by atoms with E-state index in [1.165, 1.54) is 0 Å². The molecule has 2 aliphatic heterocycles. The zero-order valence-electron chi connectivity index (χ0n) is 18.6. The monoisotopic (exact) mass is 460 g/mol. The summed E-state index contributed by atoms with van der Waals surface area (Å²) in [7, 11) is -2.21. The Morgan fingerprint density at radius 1 is 1.13 bits per heavy atom. The number of likely N-dealkylation sites (tertiary alicyclic amines) is 1. The second-order valence-corrected chi connectivity index (χ2v) is 14.6. The van der Waals surface area contributed by atoms with Crippen molar-refractivity contribution in [3.05, 3.63) is 18.0 Å². The van der Waals surface area contributed by atoms with Crippen molar-refractivity contribution in [2.24, 2.45) is 0 Å². The molecule has 1 amide bonds. The molecule has 0 aliphatic carbocycles. The van der Waals surface area contributed by atoms with Crippen LogP contribution in [0.5, 0.6) is 0 Å². The summed E-state index contributed by atoms with van der Waals surface area (Å²) >= 11 is 0. The first-order chi connectivity index (χ1) is 14.2. The number of carbonyl (C=O) groups excluding carboxylic acids is 1. The Kier molecular flexibility index (Phi) is 6.42. The van der Waals surface area contributed by atoms with Gasteiger partial charge in [0.1, 0.15) is 6.10 Å². The maximum Gasteiger partial charge on any atom is 0.419 e. The molecule has 11 heteroatoms. The zero-order valence-corrected chi connectivity index (χ0v) is 19.6. The lowest BCUT2D eigenvalue weighted by Gasteiger charge is -2.47. The smallest absolute Gasteiger partial charge is 0.410 e. The molecule has 7 nitrogen and oxygen atoms in total. The Balaban J connectivity index is 1.84. The van der Waals surface area contributed by atoms with Gasteiger partial charge in [-0.3, -0.25) is 4.79 Å². The van der Waals surface area contributed by atoms with Crippen LogP contribution in [-0.4, -0.2) is 72.1 Å². The Morgan fingerprint density at radius 3 is 2.23 bits per heavy atom. The third-order valence-electron chi connectivity index (χ3n) is 6.64. The van der Waals surface area contributed by atoms with Gasteiger partial charge in [-0.1, -0.05) is 20.8 Å². The van der Waals surface area contributed by atoms with Crippen molar-refractivity contribution in [1.82, 2.24) is 14.9 Å². The van der Waals surface area contributed by atoms with E-state index < -0.39 is 26.2 Å². The number of hydrogen-bond acceptors (Lipinski definition) is 6. The van der Waals surface area contributed by atoms with Crippen LogP contribution >= 0.6 is 0 Å². The number of piperidine rings is 1. The fourth-order valence-corrected chi connectivity index (χ4v) is 5.10. The summed E-state index contributed by atoms with van der Waals surface area (Å²) < 4.78 is 45.2. The highest BCUT2D eigenvalue weighted by Crippen LogP contribution is 2.39. The van der Waals surface area contributed by atoms with E-state index in [1.54, 1.807) is 4.90 Å². The molecule has 3 heterocycles. The second kappa shape index (κ2) is 8.32. The molecule has 0 saturated carbocycles. The summed E-state index contributed by atoms with van der Waals surface area (Å²) in [5.41, 5.74) is -0.892. The lowest BCUT2D eigenvalue weighted by atomic mass is 10.0. The number of halogens is 3. The fourth-order valence-electron chi connectivity index (χ4n) is 3.76. The Morgan fingerprint density at radius 2 is 1.74 bits per heavy atom. The molecule has 2 fully saturated rings. The quantitative estimate of drug-likeness (QED) is 0.696. The number of rotatable bonds is 4. The number of carbonyl (C=O) groups is 1. The summed E-state index contributed by atoms with van der Waals surface area (Å²) in [5.74, 6) is -0.0730. The van der Waals surface area contributed by atoms with Crippen LogP contribution in [0.3, 0.4) is 0 Å². The minimum absolute atomic E-state index is 0.0563. The SMILES string of the molecule is CC(C)(C)[Si](C)(C)O[C@H]1CN(c2ncc(C(F)(F)F)cn2)CC[C@H]1N1CC[C@@H](O)C1=O. The van der Waals surface area contributed by atoms with Gasteiger partial charge in [0, 0.05) is 32.0 Å². The van der Waals surface area contributed by atoms with E-state index in [9.17, 15) is 23.1 Å². The molecule has 1 N–H and O–H groups in total. The molecule has 0 radical (unpaired) electrons. The molecule has 3 atom stereocenters. The molecule has 0 bridgehead atoms. The van der Waals surface area contributed by atoms with E-state index in [1.807, 2.05) is 4.90 Å². The van der Waals surface area contributed by atoms with Crippen LogP contribution < -0.4 is 4.90 Å². The van der Waals surface area contributed by atoms with E-state index in [0.29, 0.717) is 32.5 Å². The molecular formula is C20H31F3N4O3Si. The van der Waals surface area contributed by atoms with Gasteiger partial charge in [-0.25, -0.2) is 9.97 Å². The van der Waals surface area contributed by atoms with Crippen LogP contribution in [0.4, 0.5) is 19.1 Å². The summed E-state index contributed by atoms with van der Waals surface area (Å²) in [4.78, 5) is 23.9. The molecule has 31 heavy (non-hydrogen) atoms. The van der Waals surface area contributed by atoms with Gasteiger partial charge in [0.15, 0.2) is 8.32 Å².